The van der Waals surface area contributed by atoms with Crippen molar-refractivity contribution in [1.29, 1.82) is 0 Å². The average molecular weight is 345 g/mol. The van der Waals surface area contributed by atoms with Gasteiger partial charge in [-0.05, 0) is 24.1 Å². The van der Waals surface area contributed by atoms with Crippen LogP contribution in [0.4, 0.5) is 4.39 Å². The average Bonchev–Trinajstić information content (AvgIpc) is 3.07. The van der Waals surface area contributed by atoms with Gasteiger partial charge in [0.05, 0.1) is 0 Å². The van der Waals surface area contributed by atoms with E-state index in [0.717, 1.165) is 11.1 Å². The van der Waals surface area contributed by atoms with E-state index in [4.69, 9.17) is 11.6 Å². The third kappa shape index (κ3) is 3.60. The zero-order valence-corrected chi connectivity index (χ0v) is 13.3. The van der Waals surface area contributed by atoms with Gasteiger partial charge in [0.2, 0.25) is 0 Å². The van der Waals surface area contributed by atoms with Crippen LogP contribution in [0.3, 0.4) is 0 Å². The van der Waals surface area contributed by atoms with Crippen molar-refractivity contribution in [1.82, 2.24) is 20.7 Å². The summed E-state index contributed by atoms with van der Waals surface area (Å²) in [6, 6.07) is 13.5. The van der Waals surface area contributed by atoms with E-state index in [9.17, 15) is 9.18 Å². The van der Waals surface area contributed by atoms with Gasteiger partial charge in [-0.3, -0.25) is 4.79 Å². The van der Waals surface area contributed by atoms with Gasteiger partial charge >= 0.3 is 0 Å². The van der Waals surface area contributed by atoms with Gasteiger partial charge in [-0.15, -0.1) is 0 Å². The predicted octanol–water partition coefficient (Wildman–Crippen LogP) is 3.24. The number of amides is 1. The summed E-state index contributed by atoms with van der Waals surface area (Å²) >= 11 is 5.97. The first-order chi connectivity index (χ1) is 11.6. The highest BCUT2D eigenvalue weighted by atomic mass is 35.5. The lowest BCUT2D eigenvalue weighted by molar-refractivity contribution is 0.0950. The van der Waals surface area contributed by atoms with Crippen molar-refractivity contribution in [2.24, 2.45) is 0 Å². The minimum atomic E-state index is -0.386. The molecule has 0 aliphatic heterocycles. The first-order valence-electron chi connectivity index (χ1n) is 7.33. The maximum atomic E-state index is 13.0. The highest BCUT2D eigenvalue weighted by Gasteiger charge is 2.17. The molecule has 0 radical (unpaired) electrons. The molecule has 0 fully saturated rings. The van der Waals surface area contributed by atoms with Crippen molar-refractivity contribution in [3.63, 3.8) is 0 Å². The number of aromatic nitrogens is 3. The number of carbonyl (C=O) groups excluding carboxylic acids is 1. The molecule has 2 N–H and O–H groups in total. The number of halogens is 2. The third-order valence-corrected chi connectivity index (χ3v) is 3.86. The number of benzene rings is 2. The Hall–Kier alpha value is -2.73. The van der Waals surface area contributed by atoms with Crippen molar-refractivity contribution in [2.75, 3.05) is 6.54 Å². The summed E-state index contributed by atoms with van der Waals surface area (Å²) in [5, 5.41) is 13.6. The molecule has 0 aliphatic carbocycles. The van der Waals surface area contributed by atoms with Crippen LogP contribution in [0.2, 0.25) is 5.02 Å². The van der Waals surface area contributed by atoms with Gasteiger partial charge in [0, 0.05) is 17.1 Å². The molecular weight excluding hydrogens is 331 g/mol. The van der Waals surface area contributed by atoms with Crippen molar-refractivity contribution in [2.45, 2.75) is 6.42 Å². The second-order valence-corrected chi connectivity index (χ2v) is 5.54. The van der Waals surface area contributed by atoms with E-state index in [1.165, 1.54) is 12.1 Å². The lowest BCUT2D eigenvalue weighted by atomic mass is 10.1. The Morgan fingerprint density at radius 2 is 1.96 bits per heavy atom. The van der Waals surface area contributed by atoms with Crippen LogP contribution in [0.5, 0.6) is 0 Å². The molecule has 1 amide bonds. The molecule has 122 valence electrons. The predicted molar refractivity (Wildman–Crippen MR) is 89.3 cm³/mol. The van der Waals surface area contributed by atoms with Crippen LogP contribution in [0.15, 0.2) is 48.5 Å². The van der Waals surface area contributed by atoms with Crippen LogP contribution in [0, 0.1) is 5.82 Å². The lowest BCUT2D eigenvalue weighted by Gasteiger charge is -2.06. The number of hydrogen-bond donors (Lipinski definition) is 2. The fourth-order valence-corrected chi connectivity index (χ4v) is 2.57. The van der Waals surface area contributed by atoms with Crippen LogP contribution in [-0.2, 0) is 6.42 Å². The summed E-state index contributed by atoms with van der Waals surface area (Å²) in [7, 11) is 0. The molecule has 24 heavy (non-hydrogen) atoms. The molecule has 3 rings (SSSR count). The first-order valence-corrected chi connectivity index (χ1v) is 7.71. The topological polar surface area (TPSA) is 70.7 Å². The van der Waals surface area contributed by atoms with Gasteiger partial charge in [0.25, 0.3) is 5.91 Å². The summed E-state index contributed by atoms with van der Waals surface area (Å²) in [5.41, 5.74) is 2.29. The van der Waals surface area contributed by atoms with E-state index in [1.54, 1.807) is 6.07 Å². The summed E-state index contributed by atoms with van der Waals surface area (Å²) in [4.78, 5) is 12.3. The number of nitrogens with zero attached hydrogens (tertiary/aromatic N) is 2. The van der Waals surface area contributed by atoms with Crippen molar-refractivity contribution in [3.8, 4) is 11.3 Å². The van der Waals surface area contributed by atoms with Crippen LogP contribution < -0.4 is 5.32 Å². The van der Waals surface area contributed by atoms with Gasteiger partial charge < -0.3 is 5.32 Å². The van der Waals surface area contributed by atoms with E-state index < -0.39 is 0 Å². The highest BCUT2D eigenvalue weighted by molar-refractivity contribution is 6.31. The molecule has 0 saturated carbocycles. The Labute approximate surface area is 142 Å². The molecular formula is C17H14ClFN4O. The Bertz CT molecular complexity index is 851. The zero-order chi connectivity index (χ0) is 16.9. The van der Waals surface area contributed by atoms with Crippen LogP contribution in [-0.4, -0.2) is 27.9 Å². The molecule has 0 bridgehead atoms. The van der Waals surface area contributed by atoms with Crippen LogP contribution in [0.1, 0.15) is 16.1 Å². The molecule has 0 atom stereocenters. The maximum absolute atomic E-state index is 13.0. The molecule has 0 aliphatic rings. The second kappa shape index (κ2) is 7.23. The van der Waals surface area contributed by atoms with Crippen molar-refractivity contribution >= 4 is 17.5 Å². The minimum absolute atomic E-state index is 0.228. The summed E-state index contributed by atoms with van der Waals surface area (Å²) in [6.45, 7) is 0.352. The number of carbonyl (C=O) groups is 1. The normalized spacial score (nSPS) is 10.6. The van der Waals surface area contributed by atoms with E-state index in [2.05, 4.69) is 20.7 Å². The smallest absolute Gasteiger partial charge is 0.274 e. The van der Waals surface area contributed by atoms with Gasteiger partial charge in [-0.25, -0.2) is 4.39 Å². The molecule has 2 aromatic carbocycles. The number of H-pyrrole nitrogens is 1. The van der Waals surface area contributed by atoms with Gasteiger partial charge in [0.15, 0.2) is 5.69 Å². The molecule has 0 spiro atoms. The number of aromatic amines is 1. The SMILES string of the molecule is O=C(NCCc1ccc(F)cc1Cl)c1n[nH]nc1-c1ccccc1. The molecule has 5 nitrogen and oxygen atoms in total. The summed E-state index contributed by atoms with van der Waals surface area (Å²) in [5.74, 6) is -0.719. The van der Waals surface area contributed by atoms with Crippen molar-refractivity contribution in [3.05, 3.63) is 70.6 Å². The highest BCUT2D eigenvalue weighted by Crippen LogP contribution is 2.19. The Morgan fingerprint density at radius 1 is 1.17 bits per heavy atom. The third-order valence-electron chi connectivity index (χ3n) is 3.51. The summed E-state index contributed by atoms with van der Waals surface area (Å²) < 4.78 is 13.0. The standard InChI is InChI=1S/C17H14ClFN4O/c18-14-10-13(19)7-6-11(14)8-9-20-17(24)16-15(21-23-22-16)12-4-2-1-3-5-12/h1-7,10H,8-9H2,(H,20,24)(H,21,22,23). The monoisotopic (exact) mass is 344 g/mol. The molecule has 7 heteroatoms. The molecule has 1 heterocycles. The quantitative estimate of drug-likeness (QED) is 0.746. The summed E-state index contributed by atoms with van der Waals surface area (Å²) in [6.07, 6.45) is 0.489. The number of hydrogen-bond acceptors (Lipinski definition) is 3. The van der Waals surface area contributed by atoms with Gasteiger partial charge in [-0.1, -0.05) is 48.0 Å². The fraction of sp³-hybridized carbons (Fsp3) is 0.118. The Balaban J connectivity index is 1.65. The van der Waals surface area contributed by atoms with Crippen LogP contribution >= 0.6 is 11.6 Å². The van der Waals surface area contributed by atoms with Gasteiger partial charge in [-0.2, -0.15) is 15.4 Å². The Kier molecular flexibility index (Phi) is 4.86. The Morgan fingerprint density at radius 3 is 2.71 bits per heavy atom. The van der Waals surface area contributed by atoms with E-state index in [0.29, 0.717) is 23.7 Å². The van der Waals surface area contributed by atoms with E-state index in [-0.39, 0.29) is 17.4 Å². The lowest BCUT2D eigenvalue weighted by Crippen LogP contribution is -2.26. The zero-order valence-electron chi connectivity index (χ0n) is 12.6. The number of rotatable bonds is 5. The van der Waals surface area contributed by atoms with Crippen LogP contribution in [0.25, 0.3) is 11.3 Å². The van der Waals surface area contributed by atoms with Gasteiger partial charge in [0.1, 0.15) is 11.5 Å². The first kappa shape index (κ1) is 16.1. The largest absolute Gasteiger partial charge is 0.350 e. The molecule has 0 saturated heterocycles. The maximum Gasteiger partial charge on any atom is 0.274 e. The number of nitrogens with one attached hydrogen (secondary N) is 2. The molecule has 1 aromatic heterocycles. The fourth-order valence-electron chi connectivity index (χ4n) is 2.31. The minimum Gasteiger partial charge on any atom is -0.350 e. The van der Waals surface area contributed by atoms with Crippen molar-refractivity contribution < 1.29 is 9.18 Å². The van der Waals surface area contributed by atoms with E-state index in [1.807, 2.05) is 30.3 Å². The molecule has 3 aromatic rings. The molecule has 0 unspecified atom stereocenters. The second-order valence-electron chi connectivity index (χ2n) is 5.13. The van der Waals surface area contributed by atoms with E-state index >= 15 is 0 Å².